The number of carbonyl (C=O) groups excluding carboxylic acids is 2. The Morgan fingerprint density at radius 3 is 2.67 bits per heavy atom. The van der Waals surface area contributed by atoms with Crippen molar-refractivity contribution in [2.24, 2.45) is 5.10 Å². The van der Waals surface area contributed by atoms with Crippen LogP contribution in [0.4, 0.5) is 0 Å². The van der Waals surface area contributed by atoms with Crippen molar-refractivity contribution in [3.8, 4) is 23.8 Å². The maximum Gasteiger partial charge on any atom is 0.251 e. The lowest BCUT2D eigenvalue weighted by Gasteiger charge is -2.09. The summed E-state index contributed by atoms with van der Waals surface area (Å²) in [7, 11) is 1.51. The van der Waals surface area contributed by atoms with Gasteiger partial charge in [0.1, 0.15) is 6.61 Å². The molecule has 9 heteroatoms. The minimum absolute atomic E-state index is 0.0482. The van der Waals surface area contributed by atoms with E-state index in [2.05, 4.69) is 21.8 Å². The summed E-state index contributed by atoms with van der Waals surface area (Å²) in [6, 6.07) is 9.66. The number of nitrogens with zero attached hydrogens (tertiary/aromatic N) is 1. The Bertz CT molecular complexity index is 987. The summed E-state index contributed by atoms with van der Waals surface area (Å²) in [5.74, 6) is 2.66. The molecule has 2 aromatic rings. The molecule has 0 saturated carbocycles. The van der Waals surface area contributed by atoms with E-state index in [-0.39, 0.29) is 36.4 Å². The molecule has 2 aromatic carbocycles. The number of amides is 2. The van der Waals surface area contributed by atoms with Crippen molar-refractivity contribution in [2.45, 2.75) is 6.42 Å². The van der Waals surface area contributed by atoms with Gasteiger partial charge in [0.2, 0.25) is 5.91 Å². The van der Waals surface area contributed by atoms with Crippen molar-refractivity contribution in [1.82, 2.24) is 10.7 Å². The molecule has 0 spiro atoms. The van der Waals surface area contributed by atoms with Crippen LogP contribution in [0.1, 0.15) is 22.3 Å². The molecule has 2 amide bonds. The number of nitrogens with one attached hydrogen (secondary N) is 2. The van der Waals surface area contributed by atoms with E-state index >= 15 is 0 Å². The van der Waals surface area contributed by atoms with Crippen LogP contribution >= 0.6 is 23.2 Å². The first-order valence-electron chi connectivity index (χ1n) is 8.74. The summed E-state index contributed by atoms with van der Waals surface area (Å²) in [5, 5.41) is 7.15. The maximum absolute atomic E-state index is 12.0. The van der Waals surface area contributed by atoms with E-state index < -0.39 is 0 Å². The van der Waals surface area contributed by atoms with Crippen molar-refractivity contribution >= 4 is 41.2 Å². The minimum Gasteiger partial charge on any atom is -0.493 e. The molecular weight excluding hydrogens is 429 g/mol. The van der Waals surface area contributed by atoms with Crippen molar-refractivity contribution < 1.29 is 19.1 Å². The number of hydrogen-bond acceptors (Lipinski definition) is 5. The quantitative estimate of drug-likeness (QED) is 0.350. The second-order valence-electron chi connectivity index (χ2n) is 5.83. The third kappa shape index (κ3) is 6.99. The highest BCUT2D eigenvalue weighted by molar-refractivity contribution is 6.42. The zero-order chi connectivity index (χ0) is 21.9. The van der Waals surface area contributed by atoms with Gasteiger partial charge >= 0.3 is 0 Å². The van der Waals surface area contributed by atoms with E-state index in [1.807, 2.05) is 0 Å². The minimum atomic E-state index is -0.360. The van der Waals surface area contributed by atoms with Gasteiger partial charge in [0.15, 0.2) is 11.5 Å². The van der Waals surface area contributed by atoms with Gasteiger partial charge in [0, 0.05) is 18.5 Å². The van der Waals surface area contributed by atoms with Gasteiger partial charge in [-0.2, -0.15) is 5.10 Å². The molecule has 2 N–H and O–H groups in total. The number of halogens is 2. The highest BCUT2D eigenvalue weighted by Gasteiger charge is 2.09. The third-order valence-corrected chi connectivity index (χ3v) is 4.46. The SMILES string of the molecule is C#CCOc1ccc(C=NNC(=O)CCNC(=O)c2ccc(Cl)c(Cl)c2)cc1OC. The molecule has 0 aromatic heterocycles. The summed E-state index contributed by atoms with van der Waals surface area (Å²) >= 11 is 11.7. The zero-order valence-corrected chi connectivity index (χ0v) is 17.6. The second kappa shape index (κ2) is 11.7. The number of ether oxygens (including phenoxy) is 2. The van der Waals surface area contributed by atoms with Gasteiger partial charge in [-0.05, 0) is 42.0 Å². The van der Waals surface area contributed by atoms with E-state index in [9.17, 15) is 9.59 Å². The number of hydrazone groups is 1. The van der Waals surface area contributed by atoms with E-state index in [4.69, 9.17) is 39.1 Å². The van der Waals surface area contributed by atoms with Crippen LogP contribution in [0.5, 0.6) is 11.5 Å². The van der Waals surface area contributed by atoms with Gasteiger partial charge in [0.25, 0.3) is 5.91 Å². The molecule has 2 rings (SSSR count). The van der Waals surface area contributed by atoms with Crippen molar-refractivity contribution in [2.75, 3.05) is 20.3 Å². The van der Waals surface area contributed by atoms with Gasteiger partial charge < -0.3 is 14.8 Å². The summed E-state index contributed by atoms with van der Waals surface area (Å²) in [4.78, 5) is 23.9. The van der Waals surface area contributed by atoms with Crippen molar-refractivity contribution in [1.29, 1.82) is 0 Å². The van der Waals surface area contributed by atoms with Crippen molar-refractivity contribution in [3.63, 3.8) is 0 Å². The fraction of sp³-hybridized carbons (Fsp3) is 0.190. The molecule has 0 radical (unpaired) electrons. The van der Waals surface area contributed by atoms with Crippen LogP contribution in [0, 0.1) is 12.3 Å². The number of carbonyl (C=O) groups is 2. The average molecular weight is 448 g/mol. The summed E-state index contributed by atoms with van der Waals surface area (Å²) in [6.45, 7) is 0.261. The van der Waals surface area contributed by atoms with Gasteiger partial charge in [-0.3, -0.25) is 9.59 Å². The Labute approximate surface area is 184 Å². The molecule has 0 aliphatic rings. The largest absolute Gasteiger partial charge is 0.493 e. The average Bonchev–Trinajstić information content (AvgIpc) is 2.74. The Morgan fingerprint density at radius 1 is 1.17 bits per heavy atom. The third-order valence-electron chi connectivity index (χ3n) is 3.72. The molecule has 0 heterocycles. The molecule has 0 aliphatic carbocycles. The Kier molecular flexibility index (Phi) is 9.01. The second-order valence-corrected chi connectivity index (χ2v) is 6.65. The number of rotatable bonds is 9. The smallest absolute Gasteiger partial charge is 0.251 e. The Morgan fingerprint density at radius 2 is 1.97 bits per heavy atom. The molecule has 0 saturated heterocycles. The van der Waals surface area contributed by atoms with Crippen LogP contribution < -0.4 is 20.2 Å². The fourth-order valence-corrected chi connectivity index (χ4v) is 2.56. The Balaban J connectivity index is 1.80. The molecular formula is C21H19Cl2N3O4. The number of hydrogen-bond donors (Lipinski definition) is 2. The van der Waals surface area contributed by atoms with E-state index in [0.717, 1.165) is 0 Å². The molecule has 0 atom stereocenters. The zero-order valence-electron chi connectivity index (χ0n) is 16.1. The summed E-state index contributed by atoms with van der Waals surface area (Å²) < 4.78 is 10.6. The van der Waals surface area contributed by atoms with Crippen LogP contribution in [-0.2, 0) is 4.79 Å². The predicted octanol–water partition coefficient (Wildman–Crippen LogP) is 3.28. The van der Waals surface area contributed by atoms with Crippen LogP contribution in [0.3, 0.4) is 0 Å². The normalized spacial score (nSPS) is 10.3. The van der Waals surface area contributed by atoms with Crippen molar-refractivity contribution in [3.05, 3.63) is 57.6 Å². The molecule has 30 heavy (non-hydrogen) atoms. The van der Waals surface area contributed by atoms with E-state index in [0.29, 0.717) is 27.6 Å². The van der Waals surface area contributed by atoms with Gasteiger partial charge in [-0.15, -0.1) is 6.42 Å². The standard InChI is InChI=1S/C21H19Cl2N3O4/c1-3-10-30-18-7-4-14(11-19(18)29-2)13-25-26-20(27)8-9-24-21(28)15-5-6-16(22)17(23)12-15/h1,4-7,11-13H,8-10H2,2H3,(H,24,28)(H,26,27). The molecule has 0 unspecified atom stereocenters. The molecule has 0 fully saturated rings. The lowest BCUT2D eigenvalue weighted by molar-refractivity contribution is -0.120. The Hall–Kier alpha value is -3.21. The first-order valence-corrected chi connectivity index (χ1v) is 9.49. The maximum atomic E-state index is 12.0. The highest BCUT2D eigenvalue weighted by atomic mass is 35.5. The molecule has 0 bridgehead atoms. The topological polar surface area (TPSA) is 89.0 Å². The first-order chi connectivity index (χ1) is 14.4. The molecule has 156 valence electrons. The number of benzene rings is 2. The van der Waals surface area contributed by atoms with Gasteiger partial charge in [0.05, 0.1) is 23.4 Å². The van der Waals surface area contributed by atoms with Crippen LogP contribution in [0.25, 0.3) is 0 Å². The fourth-order valence-electron chi connectivity index (χ4n) is 2.27. The van der Waals surface area contributed by atoms with Gasteiger partial charge in [-0.1, -0.05) is 29.1 Å². The van der Waals surface area contributed by atoms with Gasteiger partial charge in [-0.25, -0.2) is 5.43 Å². The number of terminal acetylenes is 1. The van der Waals surface area contributed by atoms with E-state index in [1.54, 1.807) is 24.3 Å². The highest BCUT2D eigenvalue weighted by Crippen LogP contribution is 2.27. The summed E-state index contributed by atoms with van der Waals surface area (Å²) in [6.07, 6.45) is 6.68. The molecule has 0 aliphatic heterocycles. The van der Waals surface area contributed by atoms with E-state index in [1.165, 1.54) is 25.5 Å². The van der Waals surface area contributed by atoms with Crippen LogP contribution in [0.2, 0.25) is 10.0 Å². The number of methoxy groups -OCH3 is 1. The monoisotopic (exact) mass is 447 g/mol. The van der Waals surface area contributed by atoms with Crippen LogP contribution in [-0.4, -0.2) is 38.3 Å². The summed E-state index contributed by atoms with van der Waals surface area (Å²) in [5.41, 5.74) is 3.43. The molecule has 7 nitrogen and oxygen atoms in total. The lowest BCUT2D eigenvalue weighted by atomic mass is 10.2. The lowest BCUT2D eigenvalue weighted by Crippen LogP contribution is -2.29. The first kappa shape index (κ1) is 23.1. The van der Waals surface area contributed by atoms with Crippen LogP contribution in [0.15, 0.2) is 41.5 Å². The predicted molar refractivity (Wildman–Crippen MR) is 116 cm³/mol.